The van der Waals surface area contributed by atoms with Gasteiger partial charge in [-0.1, -0.05) is 13.0 Å². The largest absolute Gasteiger partial charge is 0.487 e. The zero-order valence-corrected chi connectivity index (χ0v) is 11.2. The lowest BCUT2D eigenvalue weighted by Crippen LogP contribution is -2.14. The second-order valence-electron chi connectivity index (χ2n) is 4.99. The molecule has 2 rings (SSSR count). The third-order valence-electron chi connectivity index (χ3n) is 3.15. The van der Waals surface area contributed by atoms with Crippen LogP contribution < -0.4 is 10.1 Å². The predicted molar refractivity (Wildman–Crippen MR) is 73.3 cm³/mol. The minimum absolute atomic E-state index is 0.0555. The highest BCUT2D eigenvalue weighted by Crippen LogP contribution is 2.33. The minimum Gasteiger partial charge on any atom is -0.487 e. The maximum atomic E-state index is 11.0. The van der Waals surface area contributed by atoms with Gasteiger partial charge in [-0.2, -0.15) is 0 Å². The first-order valence-electron chi connectivity index (χ1n) is 6.81. The molecule has 0 aromatic heterocycles. The zero-order chi connectivity index (χ0) is 13.7. The summed E-state index contributed by atoms with van der Waals surface area (Å²) in [7, 11) is 0. The van der Waals surface area contributed by atoms with E-state index in [1.165, 1.54) is 18.9 Å². The summed E-state index contributed by atoms with van der Waals surface area (Å²) < 4.78 is 5.60. The molecule has 0 radical (unpaired) electrons. The molecule has 0 aliphatic heterocycles. The van der Waals surface area contributed by atoms with Gasteiger partial charge in [0.15, 0.2) is 5.75 Å². The summed E-state index contributed by atoms with van der Waals surface area (Å²) >= 11 is 0. The van der Waals surface area contributed by atoms with Crippen LogP contribution in [0.2, 0.25) is 0 Å². The standard InChI is InChI=1S/C14H20N2O3/c1-2-7-15-9-12-5-6-13(16(17)18)14(8-12)19-10-11-3-4-11/h5-6,8,11,15H,2-4,7,9-10H2,1H3. The highest BCUT2D eigenvalue weighted by molar-refractivity contribution is 5.48. The zero-order valence-electron chi connectivity index (χ0n) is 11.2. The molecule has 0 spiro atoms. The fraction of sp³-hybridized carbons (Fsp3) is 0.571. The Hall–Kier alpha value is -1.62. The average molecular weight is 264 g/mol. The lowest BCUT2D eigenvalue weighted by molar-refractivity contribution is -0.385. The van der Waals surface area contributed by atoms with Crippen LogP contribution in [0.15, 0.2) is 18.2 Å². The van der Waals surface area contributed by atoms with E-state index < -0.39 is 0 Å². The summed E-state index contributed by atoms with van der Waals surface area (Å²) in [6.07, 6.45) is 3.41. The minimum atomic E-state index is -0.383. The molecular formula is C14H20N2O3. The fourth-order valence-electron chi connectivity index (χ4n) is 1.84. The van der Waals surface area contributed by atoms with E-state index in [2.05, 4.69) is 12.2 Å². The summed E-state index contributed by atoms with van der Waals surface area (Å²) in [4.78, 5) is 10.6. The van der Waals surface area contributed by atoms with E-state index in [0.29, 0.717) is 24.8 Å². The number of nitrogens with one attached hydrogen (secondary N) is 1. The molecule has 0 atom stereocenters. The predicted octanol–water partition coefficient (Wildman–Crippen LogP) is 2.88. The molecule has 0 saturated heterocycles. The van der Waals surface area contributed by atoms with E-state index in [0.717, 1.165) is 18.5 Å². The molecule has 19 heavy (non-hydrogen) atoms. The summed E-state index contributed by atoms with van der Waals surface area (Å²) in [6.45, 7) is 4.35. The molecule has 0 unspecified atom stereocenters. The molecular weight excluding hydrogens is 244 g/mol. The van der Waals surface area contributed by atoms with Gasteiger partial charge in [0.1, 0.15) is 0 Å². The third-order valence-corrected chi connectivity index (χ3v) is 3.15. The molecule has 0 amide bonds. The molecule has 1 aromatic rings. The van der Waals surface area contributed by atoms with Gasteiger partial charge in [-0.15, -0.1) is 0 Å². The Morgan fingerprint density at radius 2 is 2.26 bits per heavy atom. The van der Waals surface area contributed by atoms with E-state index in [4.69, 9.17) is 4.74 Å². The summed E-state index contributed by atoms with van der Waals surface area (Å²) in [6, 6.07) is 5.10. The maximum Gasteiger partial charge on any atom is 0.310 e. The van der Waals surface area contributed by atoms with Gasteiger partial charge in [0.25, 0.3) is 0 Å². The van der Waals surface area contributed by atoms with Gasteiger partial charge >= 0.3 is 5.69 Å². The van der Waals surface area contributed by atoms with Gasteiger partial charge in [-0.25, -0.2) is 0 Å². The Balaban J connectivity index is 2.04. The SMILES string of the molecule is CCCNCc1ccc([N+](=O)[O-])c(OCC2CC2)c1. The van der Waals surface area contributed by atoms with Crippen molar-refractivity contribution in [1.82, 2.24) is 5.32 Å². The number of hydrogen-bond acceptors (Lipinski definition) is 4. The van der Waals surface area contributed by atoms with E-state index in [9.17, 15) is 10.1 Å². The molecule has 1 fully saturated rings. The molecule has 1 aliphatic rings. The van der Waals surface area contributed by atoms with E-state index in [-0.39, 0.29) is 10.6 Å². The highest BCUT2D eigenvalue weighted by atomic mass is 16.6. The van der Waals surface area contributed by atoms with Crippen molar-refractivity contribution in [3.05, 3.63) is 33.9 Å². The maximum absolute atomic E-state index is 11.0. The fourth-order valence-corrected chi connectivity index (χ4v) is 1.84. The quantitative estimate of drug-likeness (QED) is 0.445. The third kappa shape index (κ3) is 4.21. The first kappa shape index (κ1) is 13.8. The molecule has 5 nitrogen and oxygen atoms in total. The Labute approximate surface area is 113 Å². The summed E-state index contributed by atoms with van der Waals surface area (Å²) in [5.41, 5.74) is 1.07. The summed E-state index contributed by atoms with van der Waals surface area (Å²) in [5, 5.41) is 14.2. The van der Waals surface area contributed by atoms with Crippen LogP contribution >= 0.6 is 0 Å². The van der Waals surface area contributed by atoms with Crippen molar-refractivity contribution in [2.75, 3.05) is 13.2 Å². The van der Waals surface area contributed by atoms with Gasteiger partial charge in [0.05, 0.1) is 11.5 Å². The van der Waals surface area contributed by atoms with Crippen LogP contribution in [0, 0.1) is 16.0 Å². The molecule has 0 heterocycles. The van der Waals surface area contributed by atoms with Crippen LogP contribution in [-0.2, 0) is 6.54 Å². The normalized spacial score (nSPS) is 14.4. The lowest BCUT2D eigenvalue weighted by atomic mass is 10.2. The van der Waals surface area contributed by atoms with E-state index in [1.807, 2.05) is 0 Å². The topological polar surface area (TPSA) is 64.4 Å². The molecule has 0 bridgehead atoms. The van der Waals surface area contributed by atoms with Crippen molar-refractivity contribution in [2.45, 2.75) is 32.7 Å². The Bertz CT molecular complexity index is 444. The Morgan fingerprint density at radius 1 is 1.47 bits per heavy atom. The Morgan fingerprint density at radius 3 is 2.89 bits per heavy atom. The van der Waals surface area contributed by atoms with E-state index >= 15 is 0 Å². The van der Waals surface area contributed by atoms with Gasteiger partial charge in [0.2, 0.25) is 0 Å². The van der Waals surface area contributed by atoms with Crippen molar-refractivity contribution in [1.29, 1.82) is 0 Å². The van der Waals surface area contributed by atoms with Crippen molar-refractivity contribution in [3.63, 3.8) is 0 Å². The first-order chi connectivity index (χ1) is 9.20. The lowest BCUT2D eigenvalue weighted by Gasteiger charge is -2.09. The van der Waals surface area contributed by atoms with Crippen molar-refractivity contribution in [3.8, 4) is 5.75 Å². The van der Waals surface area contributed by atoms with Crippen LogP contribution in [0.3, 0.4) is 0 Å². The number of ether oxygens (including phenoxy) is 1. The molecule has 1 saturated carbocycles. The van der Waals surface area contributed by atoms with Gasteiger partial charge in [-0.3, -0.25) is 10.1 Å². The van der Waals surface area contributed by atoms with Crippen molar-refractivity contribution in [2.24, 2.45) is 5.92 Å². The van der Waals surface area contributed by atoms with Gasteiger partial charge in [-0.05, 0) is 43.4 Å². The first-order valence-corrected chi connectivity index (χ1v) is 6.81. The van der Waals surface area contributed by atoms with E-state index in [1.54, 1.807) is 12.1 Å². The highest BCUT2D eigenvalue weighted by Gasteiger charge is 2.24. The second kappa shape index (κ2) is 6.52. The number of nitro benzene ring substituents is 1. The smallest absolute Gasteiger partial charge is 0.310 e. The van der Waals surface area contributed by atoms with Crippen molar-refractivity contribution >= 4 is 5.69 Å². The van der Waals surface area contributed by atoms with Crippen LogP contribution in [0.1, 0.15) is 31.7 Å². The number of nitro groups is 1. The molecule has 1 aromatic carbocycles. The monoisotopic (exact) mass is 264 g/mol. The molecule has 1 N–H and O–H groups in total. The number of nitrogens with zero attached hydrogens (tertiary/aromatic N) is 1. The number of rotatable bonds is 8. The van der Waals surface area contributed by atoms with Crippen LogP contribution in [0.4, 0.5) is 5.69 Å². The van der Waals surface area contributed by atoms with Crippen LogP contribution in [0.5, 0.6) is 5.75 Å². The number of benzene rings is 1. The van der Waals surface area contributed by atoms with Gasteiger partial charge in [0, 0.05) is 12.6 Å². The van der Waals surface area contributed by atoms with Crippen molar-refractivity contribution < 1.29 is 9.66 Å². The second-order valence-corrected chi connectivity index (χ2v) is 4.99. The Kier molecular flexibility index (Phi) is 4.74. The molecule has 1 aliphatic carbocycles. The average Bonchev–Trinajstić information content (AvgIpc) is 3.20. The van der Waals surface area contributed by atoms with Gasteiger partial charge < -0.3 is 10.1 Å². The van der Waals surface area contributed by atoms with Crippen LogP contribution in [-0.4, -0.2) is 18.1 Å². The van der Waals surface area contributed by atoms with Crippen LogP contribution in [0.25, 0.3) is 0 Å². The summed E-state index contributed by atoms with van der Waals surface area (Å²) in [5.74, 6) is 0.981. The molecule has 104 valence electrons. The number of hydrogen-bond donors (Lipinski definition) is 1. The molecule has 5 heteroatoms.